The van der Waals surface area contributed by atoms with Crippen LogP contribution in [0.5, 0.6) is 0 Å². The van der Waals surface area contributed by atoms with Crippen LogP contribution < -0.4 is 5.32 Å². The molecule has 112 valence electrons. The van der Waals surface area contributed by atoms with Crippen LogP contribution in [0, 0.1) is 0 Å². The van der Waals surface area contributed by atoms with Gasteiger partial charge in [0.05, 0.1) is 11.1 Å². The van der Waals surface area contributed by atoms with E-state index in [9.17, 15) is 0 Å². The van der Waals surface area contributed by atoms with Gasteiger partial charge in [0.25, 0.3) is 0 Å². The molecule has 1 aliphatic heterocycles. The third-order valence-electron chi connectivity index (χ3n) is 3.87. The molecule has 1 saturated heterocycles. The van der Waals surface area contributed by atoms with E-state index in [0.717, 1.165) is 43.9 Å². The van der Waals surface area contributed by atoms with Crippen molar-refractivity contribution in [3.05, 3.63) is 29.0 Å². The molecule has 0 bridgehead atoms. The molecule has 0 amide bonds. The lowest BCUT2D eigenvalue weighted by atomic mass is 9.99. The van der Waals surface area contributed by atoms with E-state index in [0.29, 0.717) is 12.1 Å². The first-order valence-corrected chi connectivity index (χ1v) is 8.10. The smallest absolute Gasteiger partial charge is 0.0621 e. The van der Waals surface area contributed by atoms with Gasteiger partial charge in [-0.25, -0.2) is 0 Å². The Balaban J connectivity index is 1.87. The Morgan fingerprint density at radius 3 is 3.15 bits per heavy atom. The molecule has 2 unspecified atom stereocenters. The summed E-state index contributed by atoms with van der Waals surface area (Å²) in [6, 6.07) is 2.49. The van der Waals surface area contributed by atoms with Gasteiger partial charge in [-0.3, -0.25) is 4.98 Å². The first kappa shape index (κ1) is 15.7. The quantitative estimate of drug-likeness (QED) is 0.796. The van der Waals surface area contributed by atoms with Crippen LogP contribution in [-0.2, 0) is 11.2 Å². The highest BCUT2D eigenvalue weighted by molar-refractivity contribution is 6.31. The van der Waals surface area contributed by atoms with Crippen molar-refractivity contribution < 1.29 is 4.74 Å². The summed E-state index contributed by atoms with van der Waals surface area (Å²) in [5.74, 6) is 0. The number of aromatic nitrogens is 1. The predicted molar refractivity (Wildman–Crippen MR) is 83.2 cm³/mol. The van der Waals surface area contributed by atoms with Crippen LogP contribution >= 0.6 is 11.6 Å². The summed E-state index contributed by atoms with van der Waals surface area (Å²) in [5, 5.41) is 4.41. The monoisotopic (exact) mass is 296 g/mol. The topological polar surface area (TPSA) is 34.1 Å². The minimum absolute atomic E-state index is 0.467. The van der Waals surface area contributed by atoms with Gasteiger partial charge in [-0.05, 0) is 56.7 Å². The standard InChI is InChI=1S/C16H25ClN2O/c1-2-8-19-14(5-6-15-4-3-10-20-15)11-13-7-9-18-12-16(13)17/h7,9,12,14-15,19H,2-6,8,10-11H2,1H3. The molecule has 0 saturated carbocycles. The van der Waals surface area contributed by atoms with E-state index in [2.05, 4.69) is 17.2 Å². The van der Waals surface area contributed by atoms with Crippen molar-refractivity contribution in [1.29, 1.82) is 0 Å². The molecule has 0 radical (unpaired) electrons. The van der Waals surface area contributed by atoms with Gasteiger partial charge in [-0.1, -0.05) is 18.5 Å². The van der Waals surface area contributed by atoms with E-state index < -0.39 is 0 Å². The summed E-state index contributed by atoms with van der Waals surface area (Å²) in [4.78, 5) is 4.05. The van der Waals surface area contributed by atoms with Crippen molar-refractivity contribution >= 4 is 11.6 Å². The molecule has 2 atom stereocenters. The van der Waals surface area contributed by atoms with Crippen molar-refractivity contribution in [1.82, 2.24) is 10.3 Å². The highest BCUT2D eigenvalue weighted by Crippen LogP contribution is 2.21. The van der Waals surface area contributed by atoms with Gasteiger partial charge in [0.15, 0.2) is 0 Å². The Kier molecular flexibility index (Phi) is 6.77. The lowest BCUT2D eigenvalue weighted by Gasteiger charge is -2.20. The Labute approximate surface area is 127 Å². The van der Waals surface area contributed by atoms with E-state index in [4.69, 9.17) is 16.3 Å². The van der Waals surface area contributed by atoms with Crippen LogP contribution in [0.4, 0.5) is 0 Å². The number of nitrogens with zero attached hydrogens (tertiary/aromatic N) is 1. The number of pyridine rings is 1. The summed E-state index contributed by atoms with van der Waals surface area (Å²) in [6.07, 6.45) is 10.9. The molecule has 3 nitrogen and oxygen atoms in total. The normalized spacial score (nSPS) is 20.2. The Hall–Kier alpha value is -0.640. The van der Waals surface area contributed by atoms with Gasteiger partial charge >= 0.3 is 0 Å². The van der Waals surface area contributed by atoms with Crippen molar-refractivity contribution in [2.75, 3.05) is 13.2 Å². The molecular weight excluding hydrogens is 272 g/mol. The molecule has 4 heteroatoms. The second-order valence-corrected chi connectivity index (χ2v) is 5.94. The van der Waals surface area contributed by atoms with Crippen LogP contribution in [0.1, 0.15) is 44.6 Å². The maximum absolute atomic E-state index is 6.21. The number of nitrogens with one attached hydrogen (secondary N) is 1. The molecule has 0 spiro atoms. The maximum Gasteiger partial charge on any atom is 0.0621 e. The van der Waals surface area contributed by atoms with Gasteiger partial charge in [0.1, 0.15) is 0 Å². The number of hydrogen-bond donors (Lipinski definition) is 1. The first-order chi connectivity index (χ1) is 9.79. The zero-order valence-corrected chi connectivity index (χ0v) is 13.0. The van der Waals surface area contributed by atoms with Crippen LogP contribution in [-0.4, -0.2) is 30.3 Å². The third kappa shape index (κ3) is 5.04. The fourth-order valence-corrected chi connectivity index (χ4v) is 2.92. The fourth-order valence-electron chi connectivity index (χ4n) is 2.72. The maximum atomic E-state index is 6.21. The predicted octanol–water partition coefficient (Wildman–Crippen LogP) is 3.60. The second-order valence-electron chi connectivity index (χ2n) is 5.53. The number of halogens is 1. The summed E-state index contributed by atoms with van der Waals surface area (Å²) in [5.41, 5.74) is 1.18. The van der Waals surface area contributed by atoms with Crippen molar-refractivity contribution in [3.8, 4) is 0 Å². The molecular formula is C16H25ClN2O. The minimum atomic E-state index is 0.467. The van der Waals surface area contributed by atoms with Gasteiger partial charge in [0.2, 0.25) is 0 Å². The van der Waals surface area contributed by atoms with E-state index >= 15 is 0 Å². The Bertz CT molecular complexity index is 394. The molecule has 1 aromatic heterocycles. The highest BCUT2D eigenvalue weighted by Gasteiger charge is 2.18. The van der Waals surface area contributed by atoms with Crippen LogP contribution in [0.25, 0.3) is 0 Å². The lowest BCUT2D eigenvalue weighted by molar-refractivity contribution is 0.0995. The molecule has 1 fully saturated rings. The molecule has 20 heavy (non-hydrogen) atoms. The molecule has 1 N–H and O–H groups in total. The van der Waals surface area contributed by atoms with Crippen LogP contribution in [0.3, 0.4) is 0 Å². The molecule has 0 aromatic carbocycles. The zero-order valence-electron chi connectivity index (χ0n) is 12.3. The minimum Gasteiger partial charge on any atom is -0.378 e. The first-order valence-electron chi connectivity index (χ1n) is 7.73. The van der Waals surface area contributed by atoms with Crippen LogP contribution in [0.15, 0.2) is 18.5 Å². The summed E-state index contributed by atoms with van der Waals surface area (Å²) < 4.78 is 5.72. The zero-order chi connectivity index (χ0) is 14.2. The average molecular weight is 297 g/mol. The summed E-state index contributed by atoms with van der Waals surface area (Å²) >= 11 is 6.21. The van der Waals surface area contributed by atoms with Crippen molar-refractivity contribution in [2.45, 2.75) is 57.6 Å². The van der Waals surface area contributed by atoms with E-state index in [-0.39, 0.29) is 0 Å². The highest BCUT2D eigenvalue weighted by atomic mass is 35.5. The van der Waals surface area contributed by atoms with Gasteiger partial charge in [-0.2, -0.15) is 0 Å². The number of ether oxygens (including phenoxy) is 1. The van der Waals surface area contributed by atoms with Gasteiger partial charge in [-0.15, -0.1) is 0 Å². The summed E-state index contributed by atoms with van der Waals surface area (Å²) in [7, 11) is 0. The molecule has 1 aliphatic rings. The van der Waals surface area contributed by atoms with E-state index in [1.165, 1.54) is 18.4 Å². The van der Waals surface area contributed by atoms with E-state index in [1.54, 1.807) is 6.20 Å². The average Bonchev–Trinajstić information content (AvgIpc) is 2.97. The number of hydrogen-bond acceptors (Lipinski definition) is 3. The molecule has 2 rings (SSSR count). The SMILES string of the molecule is CCCNC(CCC1CCCO1)Cc1ccncc1Cl. The molecule has 1 aromatic rings. The molecule has 2 heterocycles. The Morgan fingerprint density at radius 1 is 1.55 bits per heavy atom. The Morgan fingerprint density at radius 2 is 2.45 bits per heavy atom. The van der Waals surface area contributed by atoms with Crippen molar-refractivity contribution in [3.63, 3.8) is 0 Å². The number of rotatable bonds is 8. The fraction of sp³-hybridized carbons (Fsp3) is 0.688. The molecule has 0 aliphatic carbocycles. The van der Waals surface area contributed by atoms with E-state index in [1.807, 2.05) is 12.3 Å². The third-order valence-corrected chi connectivity index (χ3v) is 4.21. The lowest BCUT2D eigenvalue weighted by Crippen LogP contribution is -2.32. The van der Waals surface area contributed by atoms with Crippen molar-refractivity contribution in [2.24, 2.45) is 0 Å². The largest absolute Gasteiger partial charge is 0.378 e. The van der Waals surface area contributed by atoms with Crippen LogP contribution in [0.2, 0.25) is 5.02 Å². The second kappa shape index (κ2) is 8.60. The van der Waals surface area contributed by atoms with Gasteiger partial charge < -0.3 is 10.1 Å². The van der Waals surface area contributed by atoms with Gasteiger partial charge in [0, 0.05) is 25.0 Å². The summed E-state index contributed by atoms with van der Waals surface area (Å²) in [6.45, 7) is 4.19.